The molecule has 1 N–H and O–H groups in total. The first-order valence-electron chi connectivity index (χ1n) is 10.2. The van der Waals surface area contributed by atoms with Crippen LogP contribution in [0.2, 0.25) is 0 Å². The Bertz CT molecular complexity index is 861. The van der Waals surface area contributed by atoms with E-state index >= 15 is 0 Å². The van der Waals surface area contributed by atoms with Crippen LogP contribution in [-0.4, -0.2) is 42.5 Å². The number of fused-ring (bicyclic) bond motifs is 1. The smallest absolute Gasteiger partial charge is 0.246 e. The summed E-state index contributed by atoms with van der Waals surface area (Å²) in [4.78, 5) is 26.7. The number of amides is 2. The monoisotopic (exact) mass is 390 g/mol. The molecule has 1 atom stereocenters. The average molecular weight is 390 g/mol. The van der Waals surface area contributed by atoms with Crippen molar-refractivity contribution in [3.63, 3.8) is 0 Å². The highest BCUT2D eigenvalue weighted by Crippen LogP contribution is 2.28. The molecule has 0 radical (unpaired) electrons. The van der Waals surface area contributed by atoms with Gasteiger partial charge in [0.25, 0.3) is 0 Å². The molecule has 2 amide bonds. The number of rotatable bonds is 5. The summed E-state index contributed by atoms with van der Waals surface area (Å²) in [6.07, 6.45) is 5.68. The summed E-state index contributed by atoms with van der Waals surface area (Å²) in [6.45, 7) is 1.75. The van der Waals surface area contributed by atoms with Gasteiger partial charge in [0.2, 0.25) is 11.8 Å². The minimum absolute atomic E-state index is 0.00106. The van der Waals surface area contributed by atoms with Gasteiger partial charge in [-0.2, -0.15) is 0 Å². The second kappa shape index (κ2) is 8.95. The van der Waals surface area contributed by atoms with Gasteiger partial charge >= 0.3 is 0 Å². The van der Waals surface area contributed by atoms with E-state index in [1.807, 2.05) is 59.5 Å². The Kier molecular flexibility index (Phi) is 5.94. The molecule has 29 heavy (non-hydrogen) atoms. The lowest BCUT2D eigenvalue weighted by Crippen LogP contribution is -2.44. The molecule has 2 heterocycles. The van der Waals surface area contributed by atoms with Crippen molar-refractivity contribution in [2.75, 3.05) is 19.6 Å². The van der Waals surface area contributed by atoms with Gasteiger partial charge in [-0.15, -0.1) is 0 Å². The van der Waals surface area contributed by atoms with Gasteiger partial charge in [0, 0.05) is 31.5 Å². The van der Waals surface area contributed by atoms with Crippen molar-refractivity contribution in [3.8, 4) is 5.75 Å². The summed E-state index contributed by atoms with van der Waals surface area (Å²) >= 11 is 0. The van der Waals surface area contributed by atoms with Gasteiger partial charge in [0.15, 0.2) is 0 Å². The lowest BCUT2D eigenvalue weighted by atomic mass is 9.95. The number of hydrogen-bond acceptors (Lipinski definition) is 3. The summed E-state index contributed by atoms with van der Waals surface area (Å²) in [5.74, 6) is 0.948. The van der Waals surface area contributed by atoms with Crippen LogP contribution >= 0.6 is 0 Å². The Morgan fingerprint density at radius 1 is 1.03 bits per heavy atom. The van der Waals surface area contributed by atoms with E-state index < -0.39 is 0 Å². The predicted octanol–water partition coefficient (Wildman–Crippen LogP) is 3.06. The van der Waals surface area contributed by atoms with Gasteiger partial charge in [-0.25, -0.2) is 0 Å². The summed E-state index contributed by atoms with van der Waals surface area (Å²) in [6, 6.07) is 17.8. The first-order valence-corrected chi connectivity index (χ1v) is 10.2. The number of hydrogen-bond donors (Lipinski definition) is 1. The fourth-order valence-corrected chi connectivity index (χ4v) is 3.93. The number of benzene rings is 2. The van der Waals surface area contributed by atoms with Crippen molar-refractivity contribution < 1.29 is 14.3 Å². The number of para-hydroxylation sites is 1. The SMILES string of the molecule is O=C(NCC1Cc2ccccc2O1)C1CCN(C(=O)/C=C/c2ccccc2)CC1. The summed E-state index contributed by atoms with van der Waals surface area (Å²) in [7, 11) is 0. The molecular formula is C24H26N2O3. The molecule has 5 heteroatoms. The Balaban J connectivity index is 1.20. The van der Waals surface area contributed by atoms with E-state index in [1.54, 1.807) is 6.08 Å². The summed E-state index contributed by atoms with van der Waals surface area (Å²) in [5, 5.41) is 3.04. The Morgan fingerprint density at radius 3 is 2.52 bits per heavy atom. The van der Waals surface area contributed by atoms with E-state index in [1.165, 1.54) is 5.56 Å². The highest BCUT2D eigenvalue weighted by Gasteiger charge is 2.28. The molecule has 5 nitrogen and oxygen atoms in total. The van der Waals surface area contributed by atoms with Gasteiger partial charge in [0.05, 0.1) is 6.54 Å². The summed E-state index contributed by atoms with van der Waals surface area (Å²) in [5.41, 5.74) is 2.20. The number of likely N-dealkylation sites (tertiary alicyclic amines) is 1. The molecule has 0 bridgehead atoms. The topological polar surface area (TPSA) is 58.6 Å². The number of carbonyl (C=O) groups is 2. The molecule has 1 fully saturated rings. The first-order chi connectivity index (χ1) is 14.2. The van der Waals surface area contributed by atoms with E-state index in [0.29, 0.717) is 32.5 Å². The van der Waals surface area contributed by atoms with Crippen molar-refractivity contribution in [2.24, 2.45) is 5.92 Å². The van der Waals surface area contributed by atoms with E-state index in [-0.39, 0.29) is 23.8 Å². The molecule has 0 saturated carbocycles. The molecule has 2 aromatic rings. The second-order valence-electron chi connectivity index (χ2n) is 7.64. The molecule has 4 rings (SSSR count). The molecule has 0 aromatic heterocycles. The van der Waals surface area contributed by atoms with Crippen LogP contribution in [0.5, 0.6) is 5.75 Å². The fraction of sp³-hybridized carbons (Fsp3) is 0.333. The van der Waals surface area contributed by atoms with Crippen LogP contribution < -0.4 is 10.1 Å². The van der Waals surface area contributed by atoms with Crippen LogP contribution in [0.1, 0.15) is 24.0 Å². The molecule has 1 unspecified atom stereocenters. The third kappa shape index (κ3) is 4.86. The van der Waals surface area contributed by atoms with Crippen LogP contribution in [0.15, 0.2) is 60.7 Å². The zero-order valence-corrected chi connectivity index (χ0v) is 16.4. The largest absolute Gasteiger partial charge is 0.488 e. The highest BCUT2D eigenvalue weighted by molar-refractivity contribution is 5.92. The van der Waals surface area contributed by atoms with Gasteiger partial charge < -0.3 is 15.0 Å². The molecule has 2 aliphatic rings. The van der Waals surface area contributed by atoms with Crippen LogP contribution in [0.25, 0.3) is 6.08 Å². The molecule has 2 aromatic carbocycles. The number of nitrogens with one attached hydrogen (secondary N) is 1. The predicted molar refractivity (Wildman–Crippen MR) is 112 cm³/mol. The molecule has 0 aliphatic carbocycles. The molecular weight excluding hydrogens is 364 g/mol. The first kappa shape index (κ1) is 19.2. The van der Waals surface area contributed by atoms with Crippen molar-refractivity contribution >= 4 is 17.9 Å². The standard InChI is InChI=1S/C24H26N2O3/c27-23(11-10-18-6-2-1-3-7-18)26-14-12-19(13-15-26)24(28)25-17-21-16-20-8-4-5-9-22(20)29-21/h1-11,19,21H,12-17H2,(H,25,28)/b11-10+. The maximum atomic E-state index is 12.5. The Hall–Kier alpha value is -3.08. The van der Waals surface area contributed by atoms with Gasteiger partial charge in [0.1, 0.15) is 11.9 Å². The third-order valence-electron chi connectivity index (χ3n) is 5.61. The van der Waals surface area contributed by atoms with E-state index in [0.717, 1.165) is 17.7 Å². The van der Waals surface area contributed by atoms with Crippen LogP contribution in [0, 0.1) is 5.92 Å². The highest BCUT2D eigenvalue weighted by atomic mass is 16.5. The number of carbonyl (C=O) groups excluding carboxylic acids is 2. The number of ether oxygens (including phenoxy) is 1. The maximum Gasteiger partial charge on any atom is 0.246 e. The molecule has 2 aliphatic heterocycles. The molecule has 1 saturated heterocycles. The number of nitrogens with zero attached hydrogens (tertiary/aromatic N) is 1. The normalized spacial score (nSPS) is 19.0. The summed E-state index contributed by atoms with van der Waals surface area (Å²) < 4.78 is 5.88. The lowest BCUT2D eigenvalue weighted by molar-refractivity contribution is -0.132. The van der Waals surface area contributed by atoms with Crippen molar-refractivity contribution in [2.45, 2.75) is 25.4 Å². The van der Waals surface area contributed by atoms with Crippen molar-refractivity contribution in [1.29, 1.82) is 0 Å². The maximum absolute atomic E-state index is 12.5. The van der Waals surface area contributed by atoms with Crippen molar-refractivity contribution in [1.82, 2.24) is 10.2 Å². The van der Waals surface area contributed by atoms with Crippen LogP contribution in [-0.2, 0) is 16.0 Å². The number of piperidine rings is 1. The van der Waals surface area contributed by atoms with E-state index in [4.69, 9.17) is 4.74 Å². The van der Waals surface area contributed by atoms with Gasteiger partial charge in [-0.1, -0.05) is 48.5 Å². The van der Waals surface area contributed by atoms with Crippen LogP contribution in [0.3, 0.4) is 0 Å². The Morgan fingerprint density at radius 2 is 1.76 bits per heavy atom. The molecule has 150 valence electrons. The minimum Gasteiger partial charge on any atom is -0.488 e. The quantitative estimate of drug-likeness (QED) is 0.799. The zero-order valence-electron chi connectivity index (χ0n) is 16.4. The molecule has 0 spiro atoms. The average Bonchev–Trinajstić information content (AvgIpc) is 3.20. The second-order valence-corrected chi connectivity index (χ2v) is 7.64. The van der Waals surface area contributed by atoms with Crippen LogP contribution in [0.4, 0.5) is 0 Å². The third-order valence-corrected chi connectivity index (χ3v) is 5.61. The van der Waals surface area contributed by atoms with Gasteiger partial charge in [-0.3, -0.25) is 9.59 Å². The fourth-order valence-electron chi connectivity index (χ4n) is 3.93. The van der Waals surface area contributed by atoms with Crippen molar-refractivity contribution in [3.05, 3.63) is 71.8 Å². The van der Waals surface area contributed by atoms with Gasteiger partial charge in [-0.05, 0) is 36.1 Å². The Labute approximate surface area is 171 Å². The minimum atomic E-state index is -0.0408. The van der Waals surface area contributed by atoms with E-state index in [2.05, 4.69) is 11.4 Å². The lowest BCUT2D eigenvalue weighted by Gasteiger charge is -2.30. The van der Waals surface area contributed by atoms with E-state index in [9.17, 15) is 9.59 Å². The zero-order chi connectivity index (χ0) is 20.1.